The number of halogens is 1. The Bertz CT molecular complexity index is 375. The lowest BCUT2D eigenvalue weighted by atomic mass is 9.85. The first-order chi connectivity index (χ1) is 8.38. The molecular weight excluding hydrogens is 290 g/mol. The van der Waals surface area contributed by atoms with E-state index in [1.807, 2.05) is 0 Å². The first-order valence-electron chi connectivity index (χ1n) is 6.36. The quantitative estimate of drug-likeness (QED) is 0.600. The van der Waals surface area contributed by atoms with Gasteiger partial charge in [-0.1, -0.05) is 6.42 Å². The van der Waals surface area contributed by atoms with Crippen LogP contribution in [0.2, 0.25) is 0 Å². The van der Waals surface area contributed by atoms with Gasteiger partial charge in [0, 0.05) is 25.0 Å². The van der Waals surface area contributed by atoms with Gasteiger partial charge < -0.3 is 11.1 Å². The molecule has 114 valence electrons. The molecule has 1 rings (SSSR count). The van der Waals surface area contributed by atoms with Crippen LogP contribution in [0, 0.1) is 5.92 Å². The van der Waals surface area contributed by atoms with Gasteiger partial charge in [-0.05, 0) is 25.7 Å². The number of rotatable bonds is 6. The minimum Gasteiger partial charge on any atom is -0.356 e. The smallest absolute Gasteiger partial charge is 0.223 e. The van der Waals surface area contributed by atoms with Crippen molar-refractivity contribution >= 4 is 28.3 Å². The van der Waals surface area contributed by atoms with Crippen LogP contribution in [0.3, 0.4) is 0 Å². The van der Waals surface area contributed by atoms with Crippen LogP contribution < -0.4 is 15.8 Å². The molecule has 1 amide bonds. The van der Waals surface area contributed by atoms with Gasteiger partial charge in [-0.25, -0.2) is 13.1 Å². The Hall–Kier alpha value is -0.370. The predicted octanol–water partition coefficient (Wildman–Crippen LogP) is -0.0188. The van der Waals surface area contributed by atoms with Gasteiger partial charge in [0.05, 0.1) is 6.26 Å². The van der Waals surface area contributed by atoms with Crippen molar-refractivity contribution in [3.05, 3.63) is 0 Å². The molecule has 0 bridgehead atoms. The summed E-state index contributed by atoms with van der Waals surface area (Å²) in [4.78, 5) is 11.8. The molecule has 0 heterocycles. The lowest BCUT2D eigenvalue weighted by Crippen LogP contribution is -2.38. The third kappa shape index (κ3) is 8.41. The second-order valence-electron chi connectivity index (χ2n) is 4.93. The Labute approximate surface area is 121 Å². The van der Waals surface area contributed by atoms with Crippen LogP contribution in [0.1, 0.15) is 32.1 Å². The number of nitrogens with one attached hydrogen (secondary N) is 2. The molecule has 0 saturated heterocycles. The fourth-order valence-electron chi connectivity index (χ4n) is 2.17. The number of carbonyl (C=O) groups excluding carboxylic acids is 1. The van der Waals surface area contributed by atoms with E-state index in [9.17, 15) is 13.2 Å². The first-order valence-corrected chi connectivity index (χ1v) is 8.25. The van der Waals surface area contributed by atoms with Crippen molar-refractivity contribution < 1.29 is 13.2 Å². The van der Waals surface area contributed by atoms with E-state index in [0.717, 1.165) is 31.9 Å². The molecule has 0 aromatic carbocycles. The van der Waals surface area contributed by atoms with Gasteiger partial charge in [-0.15, -0.1) is 12.4 Å². The summed E-state index contributed by atoms with van der Waals surface area (Å²) < 4.78 is 24.0. The van der Waals surface area contributed by atoms with Crippen LogP contribution in [-0.2, 0) is 14.8 Å². The fraction of sp³-hybridized carbons (Fsp3) is 0.909. The van der Waals surface area contributed by atoms with Crippen molar-refractivity contribution in [1.29, 1.82) is 0 Å². The summed E-state index contributed by atoms with van der Waals surface area (Å²) in [6, 6.07) is 0.140. The van der Waals surface area contributed by atoms with Gasteiger partial charge >= 0.3 is 0 Å². The Kier molecular flexibility index (Phi) is 8.56. The van der Waals surface area contributed by atoms with Gasteiger partial charge in [0.25, 0.3) is 0 Å². The monoisotopic (exact) mass is 313 g/mol. The van der Waals surface area contributed by atoms with Gasteiger partial charge in [0.1, 0.15) is 0 Å². The summed E-state index contributed by atoms with van der Waals surface area (Å²) in [6.45, 7) is 0.844. The van der Waals surface area contributed by atoms with Crippen LogP contribution in [0.5, 0.6) is 0 Å². The lowest BCUT2D eigenvalue weighted by molar-refractivity contribution is -0.126. The van der Waals surface area contributed by atoms with Crippen LogP contribution in [0.4, 0.5) is 0 Å². The Morgan fingerprint density at radius 1 is 1.32 bits per heavy atom. The van der Waals surface area contributed by atoms with Crippen LogP contribution in [-0.4, -0.2) is 39.7 Å². The zero-order valence-corrected chi connectivity index (χ0v) is 12.9. The van der Waals surface area contributed by atoms with E-state index in [-0.39, 0.29) is 30.3 Å². The molecule has 2 atom stereocenters. The molecule has 1 aliphatic carbocycles. The summed E-state index contributed by atoms with van der Waals surface area (Å²) in [5.74, 6) is 0.0705. The normalized spacial score (nSPS) is 23.5. The number of hydrogen-bond donors (Lipinski definition) is 3. The van der Waals surface area contributed by atoms with Crippen molar-refractivity contribution in [3.8, 4) is 0 Å². The highest BCUT2D eigenvalue weighted by atomic mass is 35.5. The molecule has 8 heteroatoms. The topological polar surface area (TPSA) is 101 Å². The lowest BCUT2D eigenvalue weighted by Gasteiger charge is -2.25. The second-order valence-corrected chi connectivity index (χ2v) is 6.77. The van der Waals surface area contributed by atoms with E-state index in [4.69, 9.17) is 5.73 Å². The molecule has 6 nitrogen and oxygen atoms in total. The average molecular weight is 314 g/mol. The van der Waals surface area contributed by atoms with E-state index in [1.54, 1.807) is 0 Å². The summed E-state index contributed by atoms with van der Waals surface area (Å²) in [6.07, 6.45) is 5.39. The largest absolute Gasteiger partial charge is 0.356 e. The maximum absolute atomic E-state index is 11.8. The van der Waals surface area contributed by atoms with Gasteiger partial charge in [0.15, 0.2) is 0 Å². The minimum absolute atomic E-state index is 0. The molecule has 4 N–H and O–H groups in total. The Balaban J connectivity index is 0.00000324. The SMILES string of the molecule is CS(=O)(=O)NCCCNC(=O)C1CCCC(N)C1.Cl. The molecular formula is C11H24ClN3O3S. The van der Waals surface area contributed by atoms with Crippen molar-refractivity contribution in [2.24, 2.45) is 11.7 Å². The first kappa shape index (κ1) is 18.6. The summed E-state index contributed by atoms with van der Waals surface area (Å²) in [7, 11) is -3.13. The van der Waals surface area contributed by atoms with E-state index in [0.29, 0.717) is 19.5 Å². The maximum Gasteiger partial charge on any atom is 0.223 e. The van der Waals surface area contributed by atoms with Crippen molar-refractivity contribution in [2.75, 3.05) is 19.3 Å². The van der Waals surface area contributed by atoms with E-state index >= 15 is 0 Å². The standard InChI is InChI=1S/C11H23N3O3S.ClH/c1-18(16,17)14-7-3-6-13-11(15)9-4-2-5-10(12)8-9;/h9-10,14H,2-8,12H2,1H3,(H,13,15);1H. The van der Waals surface area contributed by atoms with Gasteiger partial charge in [0.2, 0.25) is 15.9 Å². The van der Waals surface area contributed by atoms with Gasteiger partial charge in [-0.2, -0.15) is 0 Å². The molecule has 0 radical (unpaired) electrons. The van der Waals surface area contributed by atoms with Crippen LogP contribution in [0.25, 0.3) is 0 Å². The number of carbonyl (C=O) groups is 1. The minimum atomic E-state index is -3.13. The highest BCUT2D eigenvalue weighted by Gasteiger charge is 2.24. The molecule has 1 saturated carbocycles. The summed E-state index contributed by atoms with van der Waals surface area (Å²) >= 11 is 0. The predicted molar refractivity (Wildman–Crippen MR) is 77.7 cm³/mol. The molecule has 1 aliphatic rings. The molecule has 1 fully saturated rings. The highest BCUT2D eigenvalue weighted by molar-refractivity contribution is 7.88. The number of amides is 1. The van der Waals surface area contributed by atoms with Crippen molar-refractivity contribution in [2.45, 2.75) is 38.1 Å². The summed E-state index contributed by atoms with van der Waals surface area (Å²) in [5, 5.41) is 2.83. The number of hydrogen-bond acceptors (Lipinski definition) is 4. The maximum atomic E-state index is 11.8. The molecule has 0 spiro atoms. The van der Waals surface area contributed by atoms with Crippen molar-refractivity contribution in [1.82, 2.24) is 10.0 Å². The van der Waals surface area contributed by atoms with E-state index < -0.39 is 10.0 Å². The molecule has 0 aromatic heterocycles. The molecule has 19 heavy (non-hydrogen) atoms. The Morgan fingerprint density at radius 2 is 2.00 bits per heavy atom. The number of sulfonamides is 1. The van der Waals surface area contributed by atoms with Crippen molar-refractivity contribution in [3.63, 3.8) is 0 Å². The summed E-state index contributed by atoms with van der Waals surface area (Å²) in [5.41, 5.74) is 5.83. The number of nitrogens with two attached hydrogens (primary N) is 1. The second kappa shape index (κ2) is 8.73. The third-order valence-electron chi connectivity index (χ3n) is 3.10. The van der Waals surface area contributed by atoms with Gasteiger partial charge in [-0.3, -0.25) is 4.79 Å². The zero-order chi connectivity index (χ0) is 13.6. The van der Waals surface area contributed by atoms with Crippen LogP contribution in [0.15, 0.2) is 0 Å². The Morgan fingerprint density at radius 3 is 2.58 bits per heavy atom. The fourth-order valence-corrected chi connectivity index (χ4v) is 2.68. The zero-order valence-electron chi connectivity index (χ0n) is 11.2. The van der Waals surface area contributed by atoms with E-state index in [1.165, 1.54) is 0 Å². The molecule has 0 aliphatic heterocycles. The molecule has 2 unspecified atom stereocenters. The molecule has 0 aromatic rings. The average Bonchev–Trinajstić information content (AvgIpc) is 2.26. The third-order valence-corrected chi connectivity index (χ3v) is 3.83. The van der Waals surface area contributed by atoms with Crippen LogP contribution >= 0.6 is 12.4 Å². The highest BCUT2D eigenvalue weighted by Crippen LogP contribution is 2.22. The van der Waals surface area contributed by atoms with E-state index in [2.05, 4.69) is 10.0 Å².